The van der Waals surface area contributed by atoms with Gasteiger partial charge in [-0.15, -0.1) is 0 Å². The predicted octanol–water partition coefficient (Wildman–Crippen LogP) is -0.141. The summed E-state index contributed by atoms with van der Waals surface area (Å²) in [7, 11) is 3.06. The molecule has 21 heavy (non-hydrogen) atoms. The van der Waals surface area contributed by atoms with E-state index >= 15 is 0 Å². The summed E-state index contributed by atoms with van der Waals surface area (Å²) in [4.78, 5) is 37.1. The average Bonchev–Trinajstić information content (AvgIpc) is 2.43. The second kappa shape index (κ2) is 7.78. The standard InChI is InChI=1S/C14H23N3O4/c1-5-7-17(10-13(19)21-6-2)9-11-8-12(18)16(4)14(20)15(11)3/h8H,5-7,9-10H2,1-4H3. The third-order valence-corrected chi connectivity index (χ3v) is 3.21. The van der Waals surface area contributed by atoms with E-state index in [4.69, 9.17) is 4.74 Å². The summed E-state index contributed by atoms with van der Waals surface area (Å²) in [5.74, 6) is -0.306. The number of carbonyl (C=O) groups excluding carboxylic acids is 1. The van der Waals surface area contributed by atoms with Crippen LogP contribution in [-0.4, -0.2) is 39.7 Å². The lowest BCUT2D eigenvalue weighted by Gasteiger charge is -2.21. The monoisotopic (exact) mass is 297 g/mol. The molecule has 0 saturated heterocycles. The normalized spacial score (nSPS) is 10.9. The van der Waals surface area contributed by atoms with E-state index in [1.165, 1.54) is 17.7 Å². The number of ether oxygens (including phenoxy) is 1. The Morgan fingerprint density at radius 3 is 2.48 bits per heavy atom. The number of hydrogen-bond acceptors (Lipinski definition) is 5. The van der Waals surface area contributed by atoms with Gasteiger partial charge in [0, 0.05) is 32.4 Å². The summed E-state index contributed by atoms with van der Waals surface area (Å²) in [6, 6.07) is 1.43. The highest BCUT2D eigenvalue weighted by molar-refractivity contribution is 5.71. The van der Waals surface area contributed by atoms with Gasteiger partial charge in [0.05, 0.1) is 13.2 Å². The summed E-state index contributed by atoms with van der Waals surface area (Å²) in [5.41, 5.74) is -0.133. The molecule has 1 rings (SSSR count). The van der Waals surface area contributed by atoms with Crippen molar-refractivity contribution in [3.8, 4) is 0 Å². The van der Waals surface area contributed by atoms with E-state index in [1.807, 2.05) is 11.8 Å². The molecular formula is C14H23N3O4. The fourth-order valence-electron chi connectivity index (χ4n) is 2.08. The van der Waals surface area contributed by atoms with Crippen molar-refractivity contribution in [1.29, 1.82) is 0 Å². The molecule has 0 N–H and O–H groups in total. The maximum atomic E-state index is 11.9. The zero-order chi connectivity index (χ0) is 16.0. The van der Waals surface area contributed by atoms with Crippen LogP contribution < -0.4 is 11.2 Å². The van der Waals surface area contributed by atoms with Gasteiger partial charge in [-0.2, -0.15) is 0 Å². The Morgan fingerprint density at radius 2 is 1.90 bits per heavy atom. The molecule has 0 aromatic carbocycles. The molecule has 0 aliphatic rings. The number of rotatable bonds is 7. The minimum absolute atomic E-state index is 0.144. The van der Waals surface area contributed by atoms with Crippen molar-refractivity contribution in [2.45, 2.75) is 26.8 Å². The number of esters is 1. The van der Waals surface area contributed by atoms with Crippen LogP contribution in [0.4, 0.5) is 0 Å². The predicted molar refractivity (Wildman–Crippen MR) is 79.1 cm³/mol. The van der Waals surface area contributed by atoms with Crippen LogP contribution in [0.15, 0.2) is 15.7 Å². The summed E-state index contributed by atoms with van der Waals surface area (Å²) < 4.78 is 7.42. The average molecular weight is 297 g/mol. The zero-order valence-electron chi connectivity index (χ0n) is 13.1. The number of carbonyl (C=O) groups is 1. The van der Waals surface area contributed by atoms with Crippen molar-refractivity contribution in [3.05, 3.63) is 32.6 Å². The molecule has 0 amide bonds. The maximum absolute atomic E-state index is 11.9. The molecule has 0 aliphatic heterocycles. The lowest BCUT2D eigenvalue weighted by molar-refractivity contribution is -0.144. The van der Waals surface area contributed by atoms with Crippen LogP contribution in [0.1, 0.15) is 26.0 Å². The highest BCUT2D eigenvalue weighted by Crippen LogP contribution is 2.02. The maximum Gasteiger partial charge on any atom is 0.330 e. The van der Waals surface area contributed by atoms with Gasteiger partial charge in [0.1, 0.15) is 0 Å². The molecule has 118 valence electrons. The van der Waals surface area contributed by atoms with Crippen molar-refractivity contribution in [3.63, 3.8) is 0 Å². The quantitative estimate of drug-likeness (QED) is 0.655. The SMILES string of the molecule is CCCN(CC(=O)OCC)Cc1cc(=O)n(C)c(=O)n1C. The van der Waals surface area contributed by atoms with E-state index in [0.717, 1.165) is 11.0 Å². The first-order valence-corrected chi connectivity index (χ1v) is 7.04. The molecule has 0 radical (unpaired) electrons. The topological polar surface area (TPSA) is 73.5 Å². The van der Waals surface area contributed by atoms with Crippen LogP contribution in [0.5, 0.6) is 0 Å². The molecule has 7 heteroatoms. The fourth-order valence-corrected chi connectivity index (χ4v) is 2.08. The highest BCUT2D eigenvalue weighted by Gasteiger charge is 2.14. The number of nitrogens with zero attached hydrogens (tertiary/aromatic N) is 3. The van der Waals surface area contributed by atoms with Crippen LogP contribution in [0.25, 0.3) is 0 Å². The number of aromatic nitrogens is 2. The van der Waals surface area contributed by atoms with Crippen molar-refractivity contribution in [2.24, 2.45) is 14.1 Å². The summed E-state index contributed by atoms with van der Waals surface area (Å²) >= 11 is 0. The Kier molecular flexibility index (Phi) is 6.36. The first-order valence-electron chi connectivity index (χ1n) is 7.04. The first kappa shape index (κ1) is 17.2. The molecule has 1 aromatic rings. The van der Waals surface area contributed by atoms with Crippen molar-refractivity contribution < 1.29 is 9.53 Å². The lowest BCUT2D eigenvalue weighted by Crippen LogP contribution is -2.40. The van der Waals surface area contributed by atoms with E-state index in [2.05, 4.69) is 0 Å². The van der Waals surface area contributed by atoms with Crippen LogP contribution in [0, 0.1) is 0 Å². The van der Waals surface area contributed by atoms with E-state index in [9.17, 15) is 14.4 Å². The molecule has 0 spiro atoms. The van der Waals surface area contributed by atoms with Gasteiger partial charge in [0.2, 0.25) is 0 Å². The summed E-state index contributed by atoms with van der Waals surface area (Å²) in [5, 5.41) is 0. The Hall–Kier alpha value is -1.89. The largest absolute Gasteiger partial charge is 0.465 e. The van der Waals surface area contributed by atoms with Gasteiger partial charge in [0.25, 0.3) is 5.56 Å². The van der Waals surface area contributed by atoms with Crippen LogP contribution >= 0.6 is 0 Å². The Balaban J connectivity index is 2.97. The molecule has 1 aromatic heterocycles. The molecule has 0 bridgehead atoms. The van der Waals surface area contributed by atoms with Crippen LogP contribution in [-0.2, 0) is 30.2 Å². The van der Waals surface area contributed by atoms with Crippen LogP contribution in [0.2, 0.25) is 0 Å². The molecule has 0 atom stereocenters. The fraction of sp³-hybridized carbons (Fsp3) is 0.643. The van der Waals surface area contributed by atoms with Gasteiger partial charge in [-0.05, 0) is 19.9 Å². The molecule has 0 aliphatic carbocycles. The molecule has 7 nitrogen and oxygen atoms in total. The molecule has 0 fully saturated rings. The molecular weight excluding hydrogens is 274 g/mol. The second-order valence-electron chi connectivity index (χ2n) is 4.89. The van der Waals surface area contributed by atoms with Crippen molar-refractivity contribution in [1.82, 2.24) is 14.0 Å². The Morgan fingerprint density at radius 1 is 1.24 bits per heavy atom. The van der Waals surface area contributed by atoms with Crippen molar-refractivity contribution in [2.75, 3.05) is 19.7 Å². The zero-order valence-corrected chi connectivity index (χ0v) is 13.1. The Labute approximate surface area is 123 Å². The molecule has 1 heterocycles. The Bertz CT molecular complexity index is 603. The van der Waals surface area contributed by atoms with E-state index in [1.54, 1.807) is 14.0 Å². The summed E-state index contributed by atoms with van der Waals surface area (Å²) in [6.45, 7) is 5.28. The lowest BCUT2D eigenvalue weighted by atomic mass is 10.3. The minimum Gasteiger partial charge on any atom is -0.465 e. The smallest absolute Gasteiger partial charge is 0.330 e. The number of hydrogen-bond donors (Lipinski definition) is 0. The van der Waals surface area contributed by atoms with Gasteiger partial charge in [-0.3, -0.25) is 23.6 Å². The summed E-state index contributed by atoms with van der Waals surface area (Å²) in [6.07, 6.45) is 0.859. The van der Waals surface area contributed by atoms with Gasteiger partial charge < -0.3 is 4.74 Å². The molecule has 0 unspecified atom stereocenters. The first-order chi connectivity index (χ1) is 9.90. The van der Waals surface area contributed by atoms with Gasteiger partial charge >= 0.3 is 11.7 Å². The highest BCUT2D eigenvalue weighted by atomic mass is 16.5. The minimum atomic E-state index is -0.370. The second-order valence-corrected chi connectivity index (χ2v) is 4.89. The van der Waals surface area contributed by atoms with Gasteiger partial charge in [-0.25, -0.2) is 4.79 Å². The van der Waals surface area contributed by atoms with Gasteiger partial charge in [0.15, 0.2) is 0 Å². The third-order valence-electron chi connectivity index (χ3n) is 3.21. The third kappa shape index (κ3) is 4.56. The van der Waals surface area contributed by atoms with E-state index in [0.29, 0.717) is 25.4 Å². The molecule has 0 saturated carbocycles. The van der Waals surface area contributed by atoms with Crippen LogP contribution in [0.3, 0.4) is 0 Å². The van der Waals surface area contributed by atoms with Gasteiger partial charge in [-0.1, -0.05) is 6.92 Å². The van der Waals surface area contributed by atoms with E-state index in [-0.39, 0.29) is 23.8 Å². The van der Waals surface area contributed by atoms with Crippen molar-refractivity contribution >= 4 is 5.97 Å². The van der Waals surface area contributed by atoms with E-state index < -0.39 is 0 Å².